The molecule has 1 amide bonds. The molecule has 3 rings (SSSR count). The molecule has 2 aromatic rings. The first-order chi connectivity index (χ1) is 9.33. The average Bonchev–Trinajstić information content (AvgIpc) is 2.97. The summed E-state index contributed by atoms with van der Waals surface area (Å²) in [6, 6.07) is 9.56. The van der Waals surface area contributed by atoms with Gasteiger partial charge in [-0.3, -0.25) is 4.79 Å². The molecule has 2 heterocycles. The molecule has 0 radical (unpaired) electrons. The SMILES string of the molecule is O=C(NCc1ccco1)c1ccc2c(c1)CCNC2. The number of rotatable bonds is 3. The summed E-state index contributed by atoms with van der Waals surface area (Å²) < 4.78 is 5.19. The van der Waals surface area contributed by atoms with Crippen molar-refractivity contribution in [3.8, 4) is 0 Å². The molecule has 1 aromatic heterocycles. The third-order valence-corrected chi connectivity index (χ3v) is 3.36. The minimum Gasteiger partial charge on any atom is -0.467 e. The van der Waals surface area contributed by atoms with E-state index >= 15 is 0 Å². The number of fused-ring (bicyclic) bond motifs is 1. The van der Waals surface area contributed by atoms with E-state index in [1.54, 1.807) is 6.26 Å². The second-order valence-electron chi connectivity index (χ2n) is 4.67. The number of amides is 1. The summed E-state index contributed by atoms with van der Waals surface area (Å²) in [5, 5.41) is 6.18. The van der Waals surface area contributed by atoms with Crippen molar-refractivity contribution in [2.75, 3.05) is 6.54 Å². The highest BCUT2D eigenvalue weighted by molar-refractivity contribution is 5.94. The standard InChI is InChI=1S/C15H16N2O2/c18-15(17-10-14-2-1-7-19-14)12-3-4-13-9-16-6-5-11(13)8-12/h1-4,7-8,16H,5-6,9-10H2,(H,17,18). The van der Waals surface area contributed by atoms with Gasteiger partial charge in [-0.2, -0.15) is 0 Å². The Morgan fingerprint density at radius 1 is 1.32 bits per heavy atom. The first kappa shape index (κ1) is 12.0. The van der Waals surface area contributed by atoms with Gasteiger partial charge in [-0.25, -0.2) is 0 Å². The van der Waals surface area contributed by atoms with Crippen LogP contribution in [-0.4, -0.2) is 12.5 Å². The summed E-state index contributed by atoms with van der Waals surface area (Å²) in [5.41, 5.74) is 3.27. The molecule has 0 spiro atoms. The fourth-order valence-electron chi connectivity index (χ4n) is 2.30. The zero-order valence-electron chi connectivity index (χ0n) is 10.6. The summed E-state index contributed by atoms with van der Waals surface area (Å²) in [7, 11) is 0. The van der Waals surface area contributed by atoms with Gasteiger partial charge in [0.1, 0.15) is 5.76 Å². The van der Waals surface area contributed by atoms with E-state index in [9.17, 15) is 4.79 Å². The van der Waals surface area contributed by atoms with Crippen molar-refractivity contribution in [2.24, 2.45) is 0 Å². The Bertz CT molecular complexity index is 576. The van der Waals surface area contributed by atoms with E-state index in [-0.39, 0.29) is 5.91 Å². The highest BCUT2D eigenvalue weighted by Crippen LogP contribution is 2.16. The van der Waals surface area contributed by atoms with E-state index in [0.29, 0.717) is 12.1 Å². The van der Waals surface area contributed by atoms with Crippen molar-refractivity contribution >= 4 is 5.91 Å². The first-order valence-electron chi connectivity index (χ1n) is 6.46. The van der Waals surface area contributed by atoms with Gasteiger partial charge in [0.05, 0.1) is 12.8 Å². The largest absolute Gasteiger partial charge is 0.467 e. The fourth-order valence-corrected chi connectivity index (χ4v) is 2.30. The molecule has 0 bridgehead atoms. The van der Waals surface area contributed by atoms with Gasteiger partial charge in [0.2, 0.25) is 0 Å². The summed E-state index contributed by atoms with van der Waals surface area (Å²) in [4.78, 5) is 12.1. The molecular formula is C15H16N2O2. The third kappa shape index (κ3) is 2.69. The van der Waals surface area contributed by atoms with E-state index < -0.39 is 0 Å². The molecule has 0 atom stereocenters. The Labute approximate surface area is 111 Å². The molecule has 0 saturated heterocycles. The van der Waals surface area contributed by atoms with Crippen molar-refractivity contribution in [2.45, 2.75) is 19.5 Å². The van der Waals surface area contributed by atoms with Gasteiger partial charge in [0, 0.05) is 12.1 Å². The fraction of sp³-hybridized carbons (Fsp3) is 0.267. The van der Waals surface area contributed by atoms with Crippen LogP contribution in [-0.2, 0) is 19.5 Å². The maximum Gasteiger partial charge on any atom is 0.251 e. The molecule has 0 saturated carbocycles. The third-order valence-electron chi connectivity index (χ3n) is 3.36. The Morgan fingerprint density at radius 2 is 2.26 bits per heavy atom. The van der Waals surface area contributed by atoms with E-state index in [4.69, 9.17) is 4.42 Å². The highest BCUT2D eigenvalue weighted by Gasteiger charge is 2.12. The first-order valence-corrected chi connectivity index (χ1v) is 6.46. The van der Waals surface area contributed by atoms with Gasteiger partial charge < -0.3 is 15.1 Å². The van der Waals surface area contributed by atoms with E-state index in [0.717, 1.165) is 25.3 Å². The minimum atomic E-state index is -0.0577. The number of furan rings is 1. The molecule has 4 heteroatoms. The summed E-state index contributed by atoms with van der Waals surface area (Å²) in [6.45, 7) is 2.29. The number of carbonyl (C=O) groups excluding carboxylic acids is 1. The van der Waals surface area contributed by atoms with Crippen molar-refractivity contribution in [1.82, 2.24) is 10.6 Å². The zero-order chi connectivity index (χ0) is 13.1. The van der Waals surface area contributed by atoms with Crippen LogP contribution in [0.2, 0.25) is 0 Å². The van der Waals surface area contributed by atoms with E-state index in [2.05, 4.69) is 10.6 Å². The van der Waals surface area contributed by atoms with Crippen LogP contribution >= 0.6 is 0 Å². The van der Waals surface area contributed by atoms with Gasteiger partial charge in [0.15, 0.2) is 0 Å². The summed E-state index contributed by atoms with van der Waals surface area (Å²) >= 11 is 0. The lowest BCUT2D eigenvalue weighted by molar-refractivity contribution is 0.0948. The van der Waals surface area contributed by atoms with E-state index in [1.165, 1.54) is 11.1 Å². The summed E-state index contributed by atoms with van der Waals surface area (Å²) in [6.07, 6.45) is 2.59. The predicted octanol–water partition coefficient (Wildman–Crippen LogP) is 1.86. The monoisotopic (exact) mass is 256 g/mol. The van der Waals surface area contributed by atoms with Gasteiger partial charge in [-0.15, -0.1) is 0 Å². The van der Waals surface area contributed by atoms with Crippen LogP contribution < -0.4 is 10.6 Å². The lowest BCUT2D eigenvalue weighted by Crippen LogP contribution is -2.26. The topological polar surface area (TPSA) is 54.3 Å². The van der Waals surface area contributed by atoms with Crippen LogP contribution in [0.3, 0.4) is 0 Å². The number of hydrogen-bond acceptors (Lipinski definition) is 3. The maximum atomic E-state index is 12.1. The molecule has 0 aliphatic carbocycles. The quantitative estimate of drug-likeness (QED) is 0.881. The second kappa shape index (κ2) is 5.28. The van der Waals surface area contributed by atoms with Crippen molar-refractivity contribution < 1.29 is 9.21 Å². The van der Waals surface area contributed by atoms with Gasteiger partial charge in [-0.05, 0) is 48.4 Å². The maximum absolute atomic E-state index is 12.1. The lowest BCUT2D eigenvalue weighted by Gasteiger charge is -2.17. The molecule has 4 nitrogen and oxygen atoms in total. The Kier molecular flexibility index (Phi) is 3.33. The molecule has 1 aliphatic rings. The van der Waals surface area contributed by atoms with Gasteiger partial charge in [0.25, 0.3) is 5.91 Å². The van der Waals surface area contributed by atoms with Crippen LogP contribution in [0.1, 0.15) is 27.2 Å². The van der Waals surface area contributed by atoms with Gasteiger partial charge >= 0.3 is 0 Å². The zero-order valence-corrected chi connectivity index (χ0v) is 10.6. The highest BCUT2D eigenvalue weighted by atomic mass is 16.3. The predicted molar refractivity (Wildman–Crippen MR) is 71.7 cm³/mol. The van der Waals surface area contributed by atoms with Crippen LogP contribution in [0.15, 0.2) is 41.0 Å². The Hall–Kier alpha value is -2.07. The smallest absolute Gasteiger partial charge is 0.251 e. The summed E-state index contributed by atoms with van der Waals surface area (Å²) in [5.74, 6) is 0.702. The molecule has 1 aromatic carbocycles. The molecule has 2 N–H and O–H groups in total. The molecule has 19 heavy (non-hydrogen) atoms. The molecular weight excluding hydrogens is 240 g/mol. The number of carbonyl (C=O) groups is 1. The lowest BCUT2D eigenvalue weighted by atomic mass is 9.98. The van der Waals surface area contributed by atoms with Crippen LogP contribution in [0.4, 0.5) is 0 Å². The number of nitrogens with one attached hydrogen (secondary N) is 2. The van der Waals surface area contributed by atoms with Gasteiger partial charge in [-0.1, -0.05) is 6.07 Å². The average molecular weight is 256 g/mol. The molecule has 1 aliphatic heterocycles. The van der Waals surface area contributed by atoms with Crippen molar-refractivity contribution in [3.63, 3.8) is 0 Å². The number of hydrogen-bond donors (Lipinski definition) is 2. The van der Waals surface area contributed by atoms with Crippen LogP contribution in [0, 0.1) is 0 Å². The molecule has 0 fully saturated rings. The minimum absolute atomic E-state index is 0.0577. The molecule has 98 valence electrons. The Morgan fingerprint density at radius 3 is 3.11 bits per heavy atom. The number of benzene rings is 1. The van der Waals surface area contributed by atoms with Crippen molar-refractivity contribution in [1.29, 1.82) is 0 Å². The van der Waals surface area contributed by atoms with Crippen LogP contribution in [0.5, 0.6) is 0 Å². The van der Waals surface area contributed by atoms with Crippen molar-refractivity contribution in [3.05, 3.63) is 59.0 Å². The van der Waals surface area contributed by atoms with E-state index in [1.807, 2.05) is 30.3 Å². The van der Waals surface area contributed by atoms with Crippen LogP contribution in [0.25, 0.3) is 0 Å². The normalized spacial score (nSPS) is 13.9. The Balaban J connectivity index is 1.69. The second-order valence-corrected chi connectivity index (χ2v) is 4.67. The molecule has 0 unspecified atom stereocenters.